The Morgan fingerprint density at radius 2 is 1.69 bits per heavy atom. The van der Waals surface area contributed by atoms with Crippen molar-refractivity contribution in [2.45, 2.75) is 19.9 Å². The third-order valence-electron chi connectivity index (χ3n) is 3.73. The number of aryl methyl sites for hydroxylation is 1. The van der Waals surface area contributed by atoms with Gasteiger partial charge in [0.15, 0.2) is 0 Å². The summed E-state index contributed by atoms with van der Waals surface area (Å²) in [6.07, 6.45) is 0. The Kier molecular flexibility index (Phi) is 5.38. The molecule has 0 saturated heterocycles. The summed E-state index contributed by atoms with van der Waals surface area (Å²) in [4.78, 5) is 24.5. The molecule has 26 heavy (non-hydrogen) atoms. The molecule has 0 spiro atoms. The van der Waals surface area contributed by atoms with E-state index in [0.717, 1.165) is 16.1 Å². The van der Waals surface area contributed by atoms with E-state index in [4.69, 9.17) is 0 Å². The number of nitrogens with one attached hydrogen (secondary N) is 2. The topological polar surface area (TPSA) is 84.0 Å². The number of nitrogens with zero attached hydrogens (tertiary/aromatic N) is 2. The third-order valence-corrected chi connectivity index (χ3v) is 4.62. The van der Waals surface area contributed by atoms with Gasteiger partial charge in [0.1, 0.15) is 11.0 Å². The van der Waals surface area contributed by atoms with Gasteiger partial charge in [-0.2, -0.15) is 0 Å². The molecule has 0 saturated carbocycles. The predicted molar refractivity (Wildman–Crippen MR) is 102 cm³/mol. The SMILES string of the molecule is Cc1ccc(C(=O)N[C@@H](C)C(=O)Nc2nnc(-c3ccccc3)s2)cc1. The summed E-state index contributed by atoms with van der Waals surface area (Å²) in [6, 6.07) is 16.1. The molecule has 0 aliphatic carbocycles. The minimum atomic E-state index is -0.701. The molecule has 2 aromatic carbocycles. The Morgan fingerprint density at radius 3 is 2.38 bits per heavy atom. The van der Waals surface area contributed by atoms with Gasteiger partial charge in [-0.25, -0.2) is 0 Å². The Morgan fingerprint density at radius 1 is 1.00 bits per heavy atom. The van der Waals surface area contributed by atoms with Crippen molar-refractivity contribution in [2.24, 2.45) is 0 Å². The van der Waals surface area contributed by atoms with Crippen LogP contribution in [-0.4, -0.2) is 28.1 Å². The van der Waals surface area contributed by atoms with Gasteiger partial charge in [0.2, 0.25) is 11.0 Å². The van der Waals surface area contributed by atoms with E-state index in [1.807, 2.05) is 49.4 Å². The normalized spacial score (nSPS) is 11.6. The monoisotopic (exact) mass is 366 g/mol. The predicted octanol–water partition coefficient (Wildman–Crippen LogP) is 3.27. The van der Waals surface area contributed by atoms with E-state index < -0.39 is 6.04 Å². The molecule has 0 unspecified atom stereocenters. The van der Waals surface area contributed by atoms with Gasteiger partial charge in [0, 0.05) is 11.1 Å². The quantitative estimate of drug-likeness (QED) is 0.726. The zero-order chi connectivity index (χ0) is 18.5. The molecule has 3 aromatic rings. The van der Waals surface area contributed by atoms with Crippen LogP contribution in [-0.2, 0) is 4.79 Å². The second kappa shape index (κ2) is 7.88. The van der Waals surface area contributed by atoms with Crippen molar-refractivity contribution >= 4 is 28.3 Å². The van der Waals surface area contributed by atoms with Crippen LogP contribution in [0.2, 0.25) is 0 Å². The van der Waals surface area contributed by atoms with Crippen LogP contribution in [0.5, 0.6) is 0 Å². The molecule has 2 N–H and O–H groups in total. The highest BCUT2D eigenvalue weighted by molar-refractivity contribution is 7.18. The first kappa shape index (κ1) is 17.8. The van der Waals surface area contributed by atoms with Crippen LogP contribution in [0.4, 0.5) is 5.13 Å². The van der Waals surface area contributed by atoms with E-state index in [1.165, 1.54) is 11.3 Å². The minimum Gasteiger partial charge on any atom is -0.341 e. The fourth-order valence-corrected chi connectivity index (χ4v) is 2.99. The van der Waals surface area contributed by atoms with Crippen LogP contribution in [0.3, 0.4) is 0 Å². The van der Waals surface area contributed by atoms with E-state index in [0.29, 0.717) is 10.7 Å². The lowest BCUT2D eigenvalue weighted by Crippen LogP contribution is -2.41. The standard InChI is InChI=1S/C19H18N4O2S/c1-12-8-10-14(11-9-12)17(25)20-13(2)16(24)21-19-23-22-18(26-19)15-6-4-3-5-7-15/h3-11,13H,1-2H3,(H,20,25)(H,21,23,24)/t13-/m0/s1. The minimum absolute atomic E-state index is 0.296. The Labute approximate surface area is 155 Å². The van der Waals surface area contributed by atoms with E-state index in [9.17, 15) is 9.59 Å². The second-order valence-electron chi connectivity index (χ2n) is 5.83. The molecule has 1 atom stereocenters. The average molecular weight is 366 g/mol. The number of rotatable bonds is 5. The highest BCUT2D eigenvalue weighted by Crippen LogP contribution is 2.25. The summed E-state index contributed by atoms with van der Waals surface area (Å²) < 4.78 is 0. The average Bonchev–Trinajstić information content (AvgIpc) is 3.11. The van der Waals surface area contributed by atoms with Crippen molar-refractivity contribution in [2.75, 3.05) is 5.32 Å². The lowest BCUT2D eigenvalue weighted by molar-refractivity contribution is -0.117. The number of hydrogen-bond acceptors (Lipinski definition) is 5. The largest absolute Gasteiger partial charge is 0.341 e. The summed E-state index contributed by atoms with van der Waals surface area (Å²) in [5.74, 6) is -0.642. The molecule has 3 rings (SSSR count). The molecular weight excluding hydrogens is 348 g/mol. The highest BCUT2D eigenvalue weighted by atomic mass is 32.1. The second-order valence-corrected chi connectivity index (χ2v) is 6.81. The van der Waals surface area contributed by atoms with Gasteiger partial charge in [0.25, 0.3) is 5.91 Å². The first-order valence-electron chi connectivity index (χ1n) is 8.10. The van der Waals surface area contributed by atoms with E-state index >= 15 is 0 Å². The van der Waals surface area contributed by atoms with Crippen molar-refractivity contribution in [1.82, 2.24) is 15.5 Å². The van der Waals surface area contributed by atoms with Crippen LogP contribution < -0.4 is 10.6 Å². The molecule has 2 amide bonds. The molecule has 0 aliphatic heterocycles. The van der Waals surface area contributed by atoms with Crippen LogP contribution in [0.15, 0.2) is 54.6 Å². The van der Waals surface area contributed by atoms with Gasteiger partial charge < -0.3 is 5.32 Å². The molecule has 1 heterocycles. The lowest BCUT2D eigenvalue weighted by Gasteiger charge is -2.12. The Balaban J connectivity index is 1.60. The number of carbonyl (C=O) groups excluding carboxylic acids is 2. The van der Waals surface area contributed by atoms with Crippen LogP contribution in [0.25, 0.3) is 10.6 Å². The van der Waals surface area contributed by atoms with E-state index in [2.05, 4.69) is 20.8 Å². The van der Waals surface area contributed by atoms with Crippen molar-refractivity contribution in [3.8, 4) is 10.6 Å². The fourth-order valence-electron chi connectivity index (χ4n) is 2.24. The maximum atomic E-state index is 12.3. The number of amides is 2. The lowest BCUT2D eigenvalue weighted by atomic mass is 10.1. The molecule has 0 radical (unpaired) electrons. The summed E-state index contributed by atoms with van der Waals surface area (Å²) in [6.45, 7) is 3.57. The Bertz CT molecular complexity index is 907. The molecule has 132 valence electrons. The van der Waals surface area contributed by atoms with Gasteiger partial charge >= 0.3 is 0 Å². The highest BCUT2D eigenvalue weighted by Gasteiger charge is 2.18. The smallest absolute Gasteiger partial charge is 0.251 e. The summed E-state index contributed by atoms with van der Waals surface area (Å²) in [5, 5.41) is 14.5. The number of hydrogen-bond donors (Lipinski definition) is 2. The van der Waals surface area contributed by atoms with Gasteiger partial charge in [-0.15, -0.1) is 10.2 Å². The van der Waals surface area contributed by atoms with E-state index in [-0.39, 0.29) is 11.8 Å². The van der Waals surface area contributed by atoms with E-state index in [1.54, 1.807) is 19.1 Å². The van der Waals surface area contributed by atoms with Gasteiger partial charge in [-0.1, -0.05) is 59.4 Å². The molecule has 0 bridgehead atoms. The first-order valence-corrected chi connectivity index (χ1v) is 8.92. The molecule has 0 aliphatic rings. The van der Waals surface area contributed by atoms with Crippen molar-refractivity contribution in [3.63, 3.8) is 0 Å². The fraction of sp³-hybridized carbons (Fsp3) is 0.158. The number of benzene rings is 2. The third kappa shape index (κ3) is 4.31. The molecule has 6 nitrogen and oxygen atoms in total. The van der Waals surface area contributed by atoms with Gasteiger partial charge in [0.05, 0.1) is 0 Å². The molecule has 1 aromatic heterocycles. The van der Waals surface area contributed by atoms with Crippen LogP contribution in [0, 0.1) is 6.92 Å². The summed E-state index contributed by atoms with van der Waals surface area (Å²) in [7, 11) is 0. The van der Waals surface area contributed by atoms with Crippen LogP contribution in [0.1, 0.15) is 22.8 Å². The number of anilines is 1. The van der Waals surface area contributed by atoms with Crippen molar-refractivity contribution in [1.29, 1.82) is 0 Å². The summed E-state index contributed by atoms with van der Waals surface area (Å²) in [5.41, 5.74) is 2.52. The number of aromatic nitrogens is 2. The van der Waals surface area contributed by atoms with Crippen molar-refractivity contribution in [3.05, 3.63) is 65.7 Å². The molecule has 0 fully saturated rings. The van der Waals surface area contributed by atoms with Gasteiger partial charge in [-0.3, -0.25) is 14.9 Å². The maximum Gasteiger partial charge on any atom is 0.251 e. The number of carbonyl (C=O) groups is 2. The molecule has 7 heteroatoms. The summed E-state index contributed by atoms with van der Waals surface area (Å²) >= 11 is 1.28. The maximum absolute atomic E-state index is 12.3. The zero-order valence-electron chi connectivity index (χ0n) is 14.4. The first-order chi connectivity index (χ1) is 12.5. The Hall–Kier alpha value is -3.06. The van der Waals surface area contributed by atoms with Crippen molar-refractivity contribution < 1.29 is 9.59 Å². The van der Waals surface area contributed by atoms with Crippen LogP contribution >= 0.6 is 11.3 Å². The zero-order valence-corrected chi connectivity index (χ0v) is 15.2. The molecular formula is C19H18N4O2S. The van der Waals surface area contributed by atoms with Gasteiger partial charge in [-0.05, 0) is 26.0 Å².